The summed E-state index contributed by atoms with van der Waals surface area (Å²) in [6.45, 7) is 1.60. The van der Waals surface area contributed by atoms with Crippen molar-refractivity contribution in [3.63, 3.8) is 0 Å². The van der Waals surface area contributed by atoms with Gasteiger partial charge in [-0.15, -0.1) is 0 Å². The van der Waals surface area contributed by atoms with Crippen LogP contribution in [-0.4, -0.2) is 28.6 Å². The zero-order valence-electron chi connectivity index (χ0n) is 14.5. The van der Waals surface area contributed by atoms with Crippen molar-refractivity contribution in [2.45, 2.75) is 18.8 Å². The molecular formula is C21H23N3O. The summed E-state index contributed by atoms with van der Waals surface area (Å²) in [7, 11) is 2.11. The Kier molecular flexibility index (Phi) is 4.18. The Bertz CT molecular complexity index is 877. The van der Waals surface area contributed by atoms with E-state index in [0.29, 0.717) is 5.92 Å². The van der Waals surface area contributed by atoms with Gasteiger partial charge in [-0.25, -0.2) is 4.79 Å². The predicted octanol–water partition coefficient (Wildman–Crippen LogP) is 4.59. The Hall–Kier alpha value is -2.75. The van der Waals surface area contributed by atoms with Gasteiger partial charge in [0.15, 0.2) is 0 Å². The first-order valence-corrected chi connectivity index (χ1v) is 8.87. The molecule has 2 amide bonds. The number of likely N-dealkylation sites (tertiary alicyclic amines) is 1. The van der Waals surface area contributed by atoms with Crippen LogP contribution in [0.15, 0.2) is 60.8 Å². The summed E-state index contributed by atoms with van der Waals surface area (Å²) in [5.74, 6) is 0.520. The van der Waals surface area contributed by atoms with Crippen molar-refractivity contribution in [1.82, 2.24) is 9.47 Å². The first-order valence-electron chi connectivity index (χ1n) is 8.87. The van der Waals surface area contributed by atoms with Crippen LogP contribution in [0.4, 0.5) is 10.5 Å². The number of benzene rings is 2. The average Bonchev–Trinajstić information content (AvgIpc) is 3.00. The van der Waals surface area contributed by atoms with Gasteiger partial charge in [0.05, 0.1) is 0 Å². The summed E-state index contributed by atoms with van der Waals surface area (Å²) in [5.41, 5.74) is 3.55. The van der Waals surface area contributed by atoms with Crippen LogP contribution >= 0.6 is 0 Å². The van der Waals surface area contributed by atoms with E-state index in [1.165, 1.54) is 16.5 Å². The Morgan fingerprint density at radius 2 is 1.68 bits per heavy atom. The molecule has 4 heteroatoms. The van der Waals surface area contributed by atoms with Crippen molar-refractivity contribution in [3.8, 4) is 0 Å². The smallest absolute Gasteiger partial charge is 0.321 e. The second-order valence-corrected chi connectivity index (χ2v) is 6.77. The number of hydrogen-bond acceptors (Lipinski definition) is 1. The van der Waals surface area contributed by atoms with E-state index in [1.807, 2.05) is 35.2 Å². The highest BCUT2D eigenvalue weighted by Gasteiger charge is 2.25. The summed E-state index contributed by atoms with van der Waals surface area (Å²) in [4.78, 5) is 14.4. The van der Waals surface area contributed by atoms with Gasteiger partial charge >= 0.3 is 6.03 Å². The van der Waals surface area contributed by atoms with E-state index in [2.05, 4.69) is 47.4 Å². The largest absolute Gasteiger partial charge is 0.350 e. The van der Waals surface area contributed by atoms with Crippen LogP contribution in [0.25, 0.3) is 10.9 Å². The Balaban J connectivity index is 1.43. The maximum Gasteiger partial charge on any atom is 0.321 e. The second kappa shape index (κ2) is 6.63. The Morgan fingerprint density at radius 1 is 1.00 bits per heavy atom. The van der Waals surface area contributed by atoms with Gasteiger partial charge in [0.25, 0.3) is 0 Å². The number of carbonyl (C=O) groups excluding carboxylic acids is 1. The first-order chi connectivity index (χ1) is 12.2. The summed E-state index contributed by atoms with van der Waals surface area (Å²) in [6.07, 6.45) is 4.28. The van der Waals surface area contributed by atoms with Gasteiger partial charge < -0.3 is 14.8 Å². The van der Waals surface area contributed by atoms with Gasteiger partial charge in [0.2, 0.25) is 0 Å². The molecule has 0 spiro atoms. The van der Waals surface area contributed by atoms with Gasteiger partial charge in [0, 0.05) is 42.9 Å². The van der Waals surface area contributed by atoms with Gasteiger partial charge in [-0.3, -0.25) is 0 Å². The minimum absolute atomic E-state index is 0.00238. The van der Waals surface area contributed by atoms with Crippen LogP contribution < -0.4 is 5.32 Å². The van der Waals surface area contributed by atoms with Gasteiger partial charge in [-0.05, 0) is 42.5 Å². The zero-order valence-corrected chi connectivity index (χ0v) is 14.5. The molecular weight excluding hydrogens is 310 g/mol. The molecule has 4 rings (SSSR count). The predicted molar refractivity (Wildman–Crippen MR) is 102 cm³/mol. The maximum absolute atomic E-state index is 12.4. The van der Waals surface area contributed by atoms with Crippen molar-refractivity contribution in [2.75, 3.05) is 18.4 Å². The van der Waals surface area contributed by atoms with E-state index < -0.39 is 0 Å². The molecule has 0 bridgehead atoms. The molecule has 0 aliphatic carbocycles. The van der Waals surface area contributed by atoms with E-state index in [0.717, 1.165) is 31.6 Å². The van der Waals surface area contributed by atoms with Crippen molar-refractivity contribution >= 4 is 22.6 Å². The number of urea groups is 1. The molecule has 2 heterocycles. The van der Waals surface area contributed by atoms with E-state index >= 15 is 0 Å². The van der Waals surface area contributed by atoms with E-state index in [-0.39, 0.29) is 6.03 Å². The molecule has 1 aromatic heterocycles. The minimum atomic E-state index is 0.00238. The Morgan fingerprint density at radius 3 is 2.44 bits per heavy atom. The number of anilines is 1. The summed E-state index contributed by atoms with van der Waals surface area (Å²) < 4.78 is 2.21. The molecule has 0 saturated carbocycles. The molecule has 1 fully saturated rings. The molecule has 3 aromatic rings. The summed E-state index contributed by atoms with van der Waals surface area (Å²) >= 11 is 0. The minimum Gasteiger partial charge on any atom is -0.350 e. The third-order valence-electron chi connectivity index (χ3n) is 5.17. The molecule has 4 nitrogen and oxygen atoms in total. The van der Waals surface area contributed by atoms with Crippen LogP contribution in [0.2, 0.25) is 0 Å². The summed E-state index contributed by atoms with van der Waals surface area (Å²) in [5, 5.41) is 4.33. The van der Waals surface area contributed by atoms with Crippen molar-refractivity contribution in [1.29, 1.82) is 0 Å². The number of aryl methyl sites for hydroxylation is 1. The molecule has 2 aromatic carbocycles. The Labute approximate surface area is 148 Å². The molecule has 0 unspecified atom stereocenters. The van der Waals surface area contributed by atoms with Gasteiger partial charge in [0.1, 0.15) is 0 Å². The SMILES string of the molecule is Cn1cc(C2CCN(C(=O)Nc3ccccc3)CC2)c2ccccc21. The number of aromatic nitrogens is 1. The van der Waals surface area contributed by atoms with Crippen molar-refractivity contribution in [2.24, 2.45) is 7.05 Å². The second-order valence-electron chi connectivity index (χ2n) is 6.77. The number of fused-ring (bicyclic) bond motifs is 1. The molecule has 0 radical (unpaired) electrons. The number of nitrogens with zero attached hydrogens (tertiary/aromatic N) is 2. The van der Waals surface area contributed by atoms with Crippen LogP contribution in [0.5, 0.6) is 0 Å². The molecule has 25 heavy (non-hydrogen) atoms. The standard InChI is InChI=1S/C21H23N3O/c1-23-15-19(18-9-5-6-10-20(18)23)16-11-13-24(14-12-16)21(25)22-17-7-3-2-4-8-17/h2-10,15-16H,11-14H2,1H3,(H,22,25). The molecule has 128 valence electrons. The van der Waals surface area contributed by atoms with Crippen LogP contribution in [0, 0.1) is 0 Å². The maximum atomic E-state index is 12.4. The lowest BCUT2D eigenvalue weighted by Gasteiger charge is -2.32. The number of nitrogens with one attached hydrogen (secondary N) is 1. The van der Waals surface area contributed by atoms with Crippen LogP contribution in [0.3, 0.4) is 0 Å². The lowest BCUT2D eigenvalue weighted by Crippen LogP contribution is -2.40. The lowest BCUT2D eigenvalue weighted by molar-refractivity contribution is 0.194. The van der Waals surface area contributed by atoms with E-state index in [9.17, 15) is 4.79 Å². The zero-order chi connectivity index (χ0) is 17.2. The highest BCUT2D eigenvalue weighted by molar-refractivity contribution is 5.89. The first kappa shape index (κ1) is 15.8. The normalized spacial score (nSPS) is 15.5. The van der Waals surface area contributed by atoms with E-state index in [1.54, 1.807) is 0 Å². The third kappa shape index (κ3) is 3.12. The third-order valence-corrected chi connectivity index (χ3v) is 5.17. The van der Waals surface area contributed by atoms with Crippen molar-refractivity contribution in [3.05, 3.63) is 66.4 Å². The van der Waals surface area contributed by atoms with Crippen molar-refractivity contribution < 1.29 is 4.79 Å². The van der Waals surface area contributed by atoms with E-state index in [4.69, 9.17) is 0 Å². The highest BCUT2D eigenvalue weighted by Crippen LogP contribution is 2.34. The topological polar surface area (TPSA) is 37.3 Å². The number of rotatable bonds is 2. The fourth-order valence-corrected chi connectivity index (χ4v) is 3.82. The number of piperidine rings is 1. The molecule has 1 aliphatic rings. The lowest BCUT2D eigenvalue weighted by atomic mass is 9.89. The molecule has 1 N–H and O–H groups in total. The van der Waals surface area contributed by atoms with Crippen LogP contribution in [-0.2, 0) is 7.05 Å². The van der Waals surface area contributed by atoms with Crippen LogP contribution in [0.1, 0.15) is 24.3 Å². The molecule has 1 aliphatic heterocycles. The fourth-order valence-electron chi connectivity index (χ4n) is 3.82. The fraction of sp³-hybridized carbons (Fsp3) is 0.286. The number of amides is 2. The quantitative estimate of drug-likeness (QED) is 0.732. The molecule has 1 saturated heterocycles. The number of para-hydroxylation sites is 2. The van der Waals surface area contributed by atoms with Gasteiger partial charge in [-0.2, -0.15) is 0 Å². The molecule has 0 atom stereocenters. The highest BCUT2D eigenvalue weighted by atomic mass is 16.2. The number of hydrogen-bond donors (Lipinski definition) is 1. The monoisotopic (exact) mass is 333 g/mol. The number of carbonyl (C=O) groups is 1. The average molecular weight is 333 g/mol. The summed E-state index contributed by atoms with van der Waals surface area (Å²) in [6, 6.07) is 18.2. The van der Waals surface area contributed by atoms with Gasteiger partial charge in [-0.1, -0.05) is 36.4 Å².